The molecule has 8 heteroatoms. The Kier molecular flexibility index (Phi) is 5.90. The Balaban J connectivity index is 1.53. The van der Waals surface area contributed by atoms with Gasteiger partial charge in [0, 0.05) is 35.9 Å². The van der Waals surface area contributed by atoms with E-state index in [9.17, 15) is 9.18 Å². The fourth-order valence-electron chi connectivity index (χ4n) is 5.00. The Bertz CT molecular complexity index is 1080. The van der Waals surface area contributed by atoms with Crippen molar-refractivity contribution >= 4 is 23.4 Å². The van der Waals surface area contributed by atoms with E-state index in [1.165, 1.54) is 23.4 Å². The minimum atomic E-state index is -0.522. The third kappa shape index (κ3) is 4.19. The standard InChI is InChI=1S/C25H33FN6O/c1-7-21(33)32-12-8-9-17(15-32)28-22-20(26)14-27-23(30-22)29-16-10-11-18-19(13-16)25(4,5)31(6)24(18,2)3/h7,10-11,13-14,17H,1,8-9,12,15H2,2-6H3,(H2,27,28,29,30). The van der Waals surface area contributed by atoms with Crippen molar-refractivity contribution in [2.45, 2.75) is 57.7 Å². The molecule has 1 unspecified atom stereocenters. The van der Waals surface area contributed by atoms with Gasteiger partial charge in [0.2, 0.25) is 11.9 Å². The van der Waals surface area contributed by atoms with E-state index < -0.39 is 5.82 Å². The summed E-state index contributed by atoms with van der Waals surface area (Å²) in [5, 5.41) is 6.38. The summed E-state index contributed by atoms with van der Waals surface area (Å²) in [5.74, 6) is -0.184. The van der Waals surface area contributed by atoms with Gasteiger partial charge in [-0.2, -0.15) is 4.98 Å². The molecule has 2 aliphatic heterocycles. The maximum Gasteiger partial charge on any atom is 0.246 e. The molecular formula is C25H33FN6O. The summed E-state index contributed by atoms with van der Waals surface area (Å²) in [4.78, 5) is 24.5. The number of halogens is 1. The molecule has 176 valence electrons. The van der Waals surface area contributed by atoms with Gasteiger partial charge in [0.05, 0.1) is 6.20 Å². The number of anilines is 3. The van der Waals surface area contributed by atoms with Gasteiger partial charge in [0.15, 0.2) is 11.6 Å². The molecule has 4 rings (SSSR count). The topological polar surface area (TPSA) is 73.4 Å². The van der Waals surface area contributed by atoms with Crippen LogP contribution < -0.4 is 10.6 Å². The van der Waals surface area contributed by atoms with Crippen molar-refractivity contribution in [3.8, 4) is 0 Å². The number of nitrogens with zero attached hydrogens (tertiary/aromatic N) is 4. The van der Waals surface area contributed by atoms with E-state index in [2.05, 4.69) is 79.0 Å². The number of carbonyl (C=O) groups is 1. The normalized spacial score (nSPS) is 21.4. The van der Waals surface area contributed by atoms with Gasteiger partial charge in [0.1, 0.15) is 0 Å². The van der Waals surface area contributed by atoms with Crippen LogP contribution in [0.2, 0.25) is 0 Å². The van der Waals surface area contributed by atoms with Crippen molar-refractivity contribution in [2.24, 2.45) is 0 Å². The molecule has 0 aliphatic carbocycles. The summed E-state index contributed by atoms with van der Waals surface area (Å²) in [6.07, 6.45) is 4.15. The fourth-order valence-corrected chi connectivity index (χ4v) is 5.00. The highest BCUT2D eigenvalue weighted by molar-refractivity contribution is 5.87. The van der Waals surface area contributed by atoms with Gasteiger partial charge in [-0.05, 0) is 76.9 Å². The number of amides is 1. The van der Waals surface area contributed by atoms with Gasteiger partial charge in [-0.25, -0.2) is 9.37 Å². The summed E-state index contributed by atoms with van der Waals surface area (Å²) in [6.45, 7) is 13.6. The molecular weight excluding hydrogens is 419 g/mol. The monoisotopic (exact) mass is 452 g/mol. The molecule has 1 saturated heterocycles. The highest BCUT2D eigenvalue weighted by Gasteiger charge is 2.46. The molecule has 2 aliphatic rings. The van der Waals surface area contributed by atoms with Gasteiger partial charge in [-0.1, -0.05) is 12.6 Å². The number of piperidine rings is 1. The number of hydrogen-bond acceptors (Lipinski definition) is 6. The van der Waals surface area contributed by atoms with Crippen molar-refractivity contribution in [1.29, 1.82) is 0 Å². The first-order chi connectivity index (χ1) is 15.5. The van der Waals surface area contributed by atoms with Crippen LogP contribution in [-0.2, 0) is 15.9 Å². The molecule has 1 amide bonds. The Labute approximate surface area is 195 Å². The van der Waals surface area contributed by atoms with Crippen molar-refractivity contribution in [3.63, 3.8) is 0 Å². The lowest BCUT2D eigenvalue weighted by Gasteiger charge is -2.37. The van der Waals surface area contributed by atoms with E-state index in [1.807, 2.05) is 6.07 Å². The van der Waals surface area contributed by atoms with Crippen molar-refractivity contribution in [3.05, 3.63) is 54.0 Å². The Morgan fingerprint density at radius 3 is 2.70 bits per heavy atom. The Hall–Kier alpha value is -3.00. The quantitative estimate of drug-likeness (QED) is 0.657. The van der Waals surface area contributed by atoms with Crippen LogP contribution in [-0.4, -0.2) is 51.9 Å². The molecule has 0 radical (unpaired) electrons. The maximum atomic E-state index is 14.5. The van der Waals surface area contributed by atoms with Crippen molar-refractivity contribution < 1.29 is 9.18 Å². The van der Waals surface area contributed by atoms with Crippen molar-refractivity contribution in [2.75, 3.05) is 30.8 Å². The number of likely N-dealkylation sites (tertiary alicyclic amines) is 1. The zero-order valence-corrected chi connectivity index (χ0v) is 20.1. The van der Waals surface area contributed by atoms with E-state index >= 15 is 0 Å². The zero-order chi connectivity index (χ0) is 24.0. The first-order valence-corrected chi connectivity index (χ1v) is 11.4. The molecule has 0 saturated carbocycles. The second kappa shape index (κ2) is 8.41. The van der Waals surface area contributed by atoms with Gasteiger partial charge >= 0.3 is 0 Å². The lowest BCUT2D eigenvalue weighted by molar-refractivity contribution is -0.127. The second-order valence-electron chi connectivity index (χ2n) is 9.92. The van der Waals surface area contributed by atoms with E-state index in [0.717, 1.165) is 18.5 Å². The predicted molar refractivity (Wildman–Crippen MR) is 129 cm³/mol. The molecule has 33 heavy (non-hydrogen) atoms. The van der Waals surface area contributed by atoms with Crippen LogP contribution >= 0.6 is 0 Å². The van der Waals surface area contributed by atoms with E-state index in [1.54, 1.807) is 4.90 Å². The first kappa shape index (κ1) is 23.2. The largest absolute Gasteiger partial charge is 0.363 e. The smallest absolute Gasteiger partial charge is 0.246 e. The molecule has 7 nitrogen and oxygen atoms in total. The number of rotatable bonds is 5. The van der Waals surface area contributed by atoms with Crippen LogP contribution in [0.5, 0.6) is 0 Å². The van der Waals surface area contributed by atoms with Crippen LogP contribution in [0.15, 0.2) is 37.1 Å². The highest BCUT2D eigenvalue weighted by Crippen LogP contribution is 2.48. The summed E-state index contributed by atoms with van der Waals surface area (Å²) >= 11 is 0. The van der Waals surface area contributed by atoms with Crippen molar-refractivity contribution in [1.82, 2.24) is 19.8 Å². The van der Waals surface area contributed by atoms with Crippen LogP contribution in [0.25, 0.3) is 0 Å². The molecule has 2 N–H and O–H groups in total. The Morgan fingerprint density at radius 2 is 1.97 bits per heavy atom. The molecule has 0 spiro atoms. The maximum absolute atomic E-state index is 14.5. The number of fused-ring (bicyclic) bond motifs is 1. The zero-order valence-electron chi connectivity index (χ0n) is 20.1. The fraction of sp³-hybridized carbons (Fsp3) is 0.480. The molecule has 2 aromatic rings. The minimum absolute atomic E-state index is 0.0678. The molecule has 1 atom stereocenters. The molecule has 0 bridgehead atoms. The van der Waals surface area contributed by atoms with Crippen LogP contribution in [0.3, 0.4) is 0 Å². The summed E-state index contributed by atoms with van der Waals surface area (Å²) in [6, 6.07) is 6.19. The third-order valence-electron chi connectivity index (χ3n) is 7.26. The summed E-state index contributed by atoms with van der Waals surface area (Å²) in [5.41, 5.74) is 3.20. The van der Waals surface area contributed by atoms with Crippen LogP contribution in [0.1, 0.15) is 51.7 Å². The molecule has 1 aromatic carbocycles. The highest BCUT2D eigenvalue weighted by atomic mass is 19.1. The average molecular weight is 453 g/mol. The number of carbonyl (C=O) groups excluding carboxylic acids is 1. The van der Waals surface area contributed by atoms with Crippen LogP contribution in [0, 0.1) is 5.82 Å². The summed E-state index contributed by atoms with van der Waals surface area (Å²) < 4.78 is 14.5. The van der Waals surface area contributed by atoms with Gasteiger partial charge in [-0.15, -0.1) is 0 Å². The molecule has 1 aromatic heterocycles. The number of hydrogen-bond donors (Lipinski definition) is 2. The minimum Gasteiger partial charge on any atom is -0.363 e. The number of aromatic nitrogens is 2. The number of benzene rings is 1. The van der Waals surface area contributed by atoms with Gasteiger partial charge in [-0.3, -0.25) is 9.69 Å². The SMILES string of the molecule is C=CC(=O)N1CCCC(Nc2nc(Nc3ccc4c(c3)C(C)(C)N(C)C4(C)C)ncc2F)C1. The van der Waals surface area contributed by atoms with E-state index in [0.29, 0.717) is 19.0 Å². The third-order valence-corrected chi connectivity index (χ3v) is 7.26. The van der Waals surface area contributed by atoms with Crippen LogP contribution in [0.4, 0.5) is 21.8 Å². The van der Waals surface area contributed by atoms with E-state index in [4.69, 9.17) is 0 Å². The number of nitrogens with one attached hydrogen (secondary N) is 2. The second-order valence-corrected chi connectivity index (χ2v) is 9.92. The summed E-state index contributed by atoms with van der Waals surface area (Å²) in [7, 11) is 2.14. The molecule has 1 fully saturated rings. The van der Waals surface area contributed by atoms with Gasteiger partial charge < -0.3 is 15.5 Å². The lowest BCUT2D eigenvalue weighted by atomic mass is 9.90. The average Bonchev–Trinajstić information content (AvgIpc) is 2.92. The first-order valence-electron chi connectivity index (χ1n) is 11.4. The van der Waals surface area contributed by atoms with E-state index in [-0.39, 0.29) is 28.8 Å². The van der Waals surface area contributed by atoms with Gasteiger partial charge in [0.25, 0.3) is 0 Å². The molecule has 3 heterocycles. The lowest BCUT2D eigenvalue weighted by Crippen LogP contribution is -2.44. The Morgan fingerprint density at radius 1 is 1.24 bits per heavy atom. The predicted octanol–water partition coefficient (Wildman–Crippen LogP) is 4.36.